The largest absolute Gasteiger partial charge is 0.290 e. The zero-order valence-corrected chi connectivity index (χ0v) is 17.5. The van der Waals surface area contributed by atoms with Crippen LogP contribution in [0.5, 0.6) is 0 Å². The van der Waals surface area contributed by atoms with Gasteiger partial charge in [-0.15, -0.1) is 0 Å². The molecule has 0 saturated heterocycles. The van der Waals surface area contributed by atoms with E-state index in [-0.39, 0.29) is 17.6 Å². The van der Waals surface area contributed by atoms with Crippen molar-refractivity contribution in [3.05, 3.63) is 120 Å². The van der Waals surface area contributed by atoms with Crippen molar-refractivity contribution in [2.24, 2.45) is 0 Å². The van der Waals surface area contributed by atoms with Gasteiger partial charge in [0.2, 0.25) is 0 Å². The van der Waals surface area contributed by atoms with Crippen molar-refractivity contribution < 1.29 is 4.79 Å². The lowest BCUT2D eigenvalue weighted by Crippen LogP contribution is -1.95. The molecule has 1 nitrogen and oxygen atoms in total. The highest BCUT2D eigenvalue weighted by molar-refractivity contribution is 5.99. The molecule has 0 aliphatic heterocycles. The summed E-state index contributed by atoms with van der Waals surface area (Å²) in [6, 6.07) is 29.4. The molecule has 148 valence electrons. The van der Waals surface area contributed by atoms with E-state index in [9.17, 15) is 4.79 Å². The topological polar surface area (TPSA) is 17.1 Å². The van der Waals surface area contributed by atoms with Crippen LogP contribution in [0.1, 0.15) is 36.8 Å². The van der Waals surface area contributed by atoms with Gasteiger partial charge in [0.15, 0.2) is 5.78 Å². The van der Waals surface area contributed by atoms with Crippen LogP contribution >= 0.6 is 0 Å². The molecule has 0 aliphatic carbocycles. The third-order valence-electron chi connectivity index (χ3n) is 5.73. The summed E-state index contributed by atoms with van der Waals surface area (Å²) in [6.07, 6.45) is 7.38. The third kappa shape index (κ3) is 4.26. The molecule has 2 atom stereocenters. The SMILES string of the molecule is CC(C=CC(=O)C=CC(C)c1cccc2ccccc12)c1cccc2ccccc12. The fourth-order valence-electron chi connectivity index (χ4n) is 4.04. The van der Waals surface area contributed by atoms with E-state index in [0.717, 1.165) is 0 Å². The number of ketones is 1. The third-order valence-corrected chi connectivity index (χ3v) is 5.73. The van der Waals surface area contributed by atoms with Crippen LogP contribution < -0.4 is 0 Å². The van der Waals surface area contributed by atoms with Gasteiger partial charge >= 0.3 is 0 Å². The lowest BCUT2D eigenvalue weighted by molar-refractivity contribution is -0.110. The maximum Gasteiger partial charge on any atom is 0.178 e. The van der Waals surface area contributed by atoms with E-state index in [1.165, 1.54) is 32.7 Å². The summed E-state index contributed by atoms with van der Waals surface area (Å²) in [6.45, 7) is 4.27. The van der Waals surface area contributed by atoms with Crippen molar-refractivity contribution >= 4 is 27.3 Å². The zero-order valence-electron chi connectivity index (χ0n) is 17.5. The summed E-state index contributed by atoms with van der Waals surface area (Å²) in [5, 5.41) is 4.94. The van der Waals surface area contributed by atoms with Crippen molar-refractivity contribution in [3.8, 4) is 0 Å². The highest BCUT2D eigenvalue weighted by Gasteiger charge is 2.08. The van der Waals surface area contributed by atoms with Gasteiger partial charge in [-0.25, -0.2) is 0 Å². The van der Waals surface area contributed by atoms with Crippen LogP contribution in [0.2, 0.25) is 0 Å². The van der Waals surface area contributed by atoms with Crippen molar-refractivity contribution in [1.29, 1.82) is 0 Å². The number of hydrogen-bond acceptors (Lipinski definition) is 1. The second kappa shape index (κ2) is 8.92. The van der Waals surface area contributed by atoms with Crippen molar-refractivity contribution in [2.75, 3.05) is 0 Å². The highest BCUT2D eigenvalue weighted by atomic mass is 16.1. The predicted molar refractivity (Wildman–Crippen MR) is 128 cm³/mol. The van der Waals surface area contributed by atoms with Crippen LogP contribution in [-0.4, -0.2) is 5.78 Å². The van der Waals surface area contributed by atoms with Crippen LogP contribution in [0.3, 0.4) is 0 Å². The zero-order chi connectivity index (χ0) is 20.9. The number of fused-ring (bicyclic) bond motifs is 2. The molecule has 0 saturated carbocycles. The normalized spacial score (nSPS) is 13.9. The number of allylic oxidation sites excluding steroid dienone is 4. The summed E-state index contributed by atoms with van der Waals surface area (Å²) < 4.78 is 0. The Hall–Kier alpha value is -3.45. The maximum atomic E-state index is 12.5. The van der Waals surface area contributed by atoms with Crippen molar-refractivity contribution in [2.45, 2.75) is 25.7 Å². The Morgan fingerprint density at radius 2 is 1.00 bits per heavy atom. The molecular weight excluding hydrogens is 364 g/mol. The Kier molecular flexibility index (Phi) is 5.90. The van der Waals surface area contributed by atoms with E-state index in [1.807, 2.05) is 12.2 Å². The Balaban J connectivity index is 1.48. The Morgan fingerprint density at radius 3 is 1.47 bits per heavy atom. The van der Waals surface area contributed by atoms with Crippen LogP contribution in [-0.2, 0) is 4.79 Å². The van der Waals surface area contributed by atoms with Crippen LogP contribution in [0.25, 0.3) is 21.5 Å². The van der Waals surface area contributed by atoms with E-state index in [4.69, 9.17) is 0 Å². The Morgan fingerprint density at radius 1 is 0.600 bits per heavy atom. The fourth-order valence-corrected chi connectivity index (χ4v) is 4.04. The lowest BCUT2D eigenvalue weighted by Gasteiger charge is -2.11. The molecule has 0 amide bonds. The molecule has 0 radical (unpaired) electrons. The van der Waals surface area contributed by atoms with Gasteiger partial charge in [0, 0.05) is 11.8 Å². The molecule has 0 bridgehead atoms. The average molecular weight is 391 g/mol. The van der Waals surface area contributed by atoms with Gasteiger partial charge in [0.1, 0.15) is 0 Å². The molecule has 4 aromatic carbocycles. The van der Waals surface area contributed by atoms with Gasteiger partial charge in [-0.05, 0) is 44.8 Å². The molecule has 0 aromatic heterocycles. The summed E-state index contributed by atoms with van der Waals surface area (Å²) in [7, 11) is 0. The minimum Gasteiger partial charge on any atom is -0.290 e. The molecule has 0 fully saturated rings. The van der Waals surface area contributed by atoms with Gasteiger partial charge in [-0.1, -0.05) is 111 Å². The molecule has 0 heterocycles. The second-order valence-corrected chi connectivity index (χ2v) is 7.83. The smallest absolute Gasteiger partial charge is 0.178 e. The molecule has 0 aliphatic rings. The predicted octanol–water partition coefficient (Wildman–Crippen LogP) is 7.58. The molecule has 4 rings (SSSR count). The maximum absolute atomic E-state index is 12.5. The lowest BCUT2D eigenvalue weighted by atomic mass is 9.93. The summed E-state index contributed by atoms with van der Waals surface area (Å²) in [4.78, 5) is 12.5. The van der Waals surface area contributed by atoms with Crippen molar-refractivity contribution in [1.82, 2.24) is 0 Å². The van der Waals surface area contributed by atoms with E-state index < -0.39 is 0 Å². The fraction of sp³-hybridized carbons (Fsp3) is 0.138. The first-order chi connectivity index (χ1) is 14.6. The molecule has 0 spiro atoms. The number of carbonyl (C=O) groups is 1. The first kappa shape index (κ1) is 19.8. The molecule has 2 unspecified atom stereocenters. The second-order valence-electron chi connectivity index (χ2n) is 7.83. The first-order valence-electron chi connectivity index (χ1n) is 10.5. The van der Waals surface area contributed by atoms with Crippen LogP contribution in [0.4, 0.5) is 0 Å². The summed E-state index contributed by atoms with van der Waals surface area (Å²) >= 11 is 0. The van der Waals surface area contributed by atoms with Gasteiger partial charge in [-0.3, -0.25) is 4.79 Å². The summed E-state index contributed by atoms with van der Waals surface area (Å²) in [5.74, 6) is 0.363. The van der Waals surface area contributed by atoms with Gasteiger partial charge in [-0.2, -0.15) is 0 Å². The van der Waals surface area contributed by atoms with Crippen LogP contribution in [0, 0.1) is 0 Å². The quantitative estimate of drug-likeness (QED) is 0.310. The Labute approximate surface area is 178 Å². The van der Waals surface area contributed by atoms with E-state index in [2.05, 4.69) is 98.8 Å². The first-order valence-corrected chi connectivity index (χ1v) is 10.5. The highest BCUT2D eigenvalue weighted by Crippen LogP contribution is 2.27. The minimum absolute atomic E-state index is 0.0224. The minimum atomic E-state index is 0.0224. The number of carbonyl (C=O) groups excluding carboxylic acids is 1. The van der Waals surface area contributed by atoms with E-state index in [1.54, 1.807) is 12.2 Å². The van der Waals surface area contributed by atoms with Crippen molar-refractivity contribution in [3.63, 3.8) is 0 Å². The standard InChI is InChI=1S/C29H26O/c1-21(26-15-7-11-23-9-3-5-13-28(23)26)17-19-25(30)20-18-22(2)27-16-8-12-24-10-4-6-14-29(24)27/h3-22H,1-2H3. The molecule has 4 aromatic rings. The number of benzene rings is 4. The molecular formula is C29H26O. The van der Waals surface area contributed by atoms with Gasteiger partial charge in [0.05, 0.1) is 0 Å². The van der Waals surface area contributed by atoms with Crippen LogP contribution in [0.15, 0.2) is 109 Å². The molecule has 0 N–H and O–H groups in total. The van der Waals surface area contributed by atoms with Gasteiger partial charge < -0.3 is 0 Å². The molecule has 30 heavy (non-hydrogen) atoms. The average Bonchev–Trinajstić information content (AvgIpc) is 2.80. The van der Waals surface area contributed by atoms with E-state index >= 15 is 0 Å². The monoisotopic (exact) mass is 390 g/mol. The number of rotatable bonds is 6. The summed E-state index contributed by atoms with van der Waals surface area (Å²) in [5.41, 5.74) is 2.48. The molecule has 1 heteroatoms. The number of hydrogen-bond donors (Lipinski definition) is 0. The van der Waals surface area contributed by atoms with E-state index in [0.29, 0.717) is 0 Å². The Bertz CT molecular complexity index is 1140. The van der Waals surface area contributed by atoms with Gasteiger partial charge in [0.25, 0.3) is 0 Å².